The van der Waals surface area contributed by atoms with Crippen molar-refractivity contribution in [3.8, 4) is 11.5 Å². The van der Waals surface area contributed by atoms with Gasteiger partial charge in [-0.1, -0.05) is 51.9 Å². The molecule has 0 aliphatic carbocycles. The van der Waals surface area contributed by atoms with Crippen molar-refractivity contribution in [2.75, 3.05) is 13.2 Å². The Bertz CT molecular complexity index is 1610. The summed E-state index contributed by atoms with van der Waals surface area (Å²) in [5, 5.41) is 11.3. The molecule has 44 heavy (non-hydrogen) atoms. The van der Waals surface area contributed by atoms with Gasteiger partial charge in [0.25, 0.3) is 0 Å². The van der Waals surface area contributed by atoms with E-state index in [0.29, 0.717) is 36.7 Å². The molecule has 0 radical (unpaired) electrons. The molecule has 7 nitrogen and oxygen atoms in total. The maximum Gasteiger partial charge on any atom is 0.433 e. The highest BCUT2D eigenvalue weighted by Crippen LogP contribution is 2.39. The van der Waals surface area contributed by atoms with Gasteiger partial charge in [-0.15, -0.1) is 0 Å². The minimum atomic E-state index is -4.70. The average Bonchev–Trinajstić information content (AvgIpc) is 2.97. The normalized spacial score (nSPS) is 17.6. The fourth-order valence-corrected chi connectivity index (χ4v) is 6.31. The summed E-state index contributed by atoms with van der Waals surface area (Å²) in [5.74, 6) is 1.10. The van der Waals surface area contributed by atoms with E-state index in [-0.39, 0.29) is 34.8 Å². The van der Waals surface area contributed by atoms with Gasteiger partial charge in [-0.05, 0) is 88.5 Å². The number of fused-ring (bicyclic) bond motifs is 1. The van der Waals surface area contributed by atoms with Crippen molar-refractivity contribution in [3.63, 3.8) is 0 Å². The van der Waals surface area contributed by atoms with E-state index in [1.807, 2.05) is 32.9 Å². The minimum Gasteiger partial charge on any atom is -0.493 e. The van der Waals surface area contributed by atoms with E-state index in [1.165, 1.54) is 24.3 Å². The Labute approximate surface area is 256 Å². The van der Waals surface area contributed by atoms with E-state index in [4.69, 9.17) is 19.2 Å². The molecule has 1 aliphatic heterocycles. The number of ether oxygens (including phenoxy) is 2. The van der Waals surface area contributed by atoms with Gasteiger partial charge in [-0.25, -0.2) is 0 Å². The molecular weight excluding hydrogens is 593 g/mol. The van der Waals surface area contributed by atoms with Crippen LogP contribution in [0.3, 0.4) is 0 Å². The molecule has 0 fully saturated rings. The van der Waals surface area contributed by atoms with Crippen LogP contribution in [0.15, 0.2) is 70.7 Å². The Balaban J connectivity index is 1.37. The van der Waals surface area contributed by atoms with Crippen molar-refractivity contribution in [1.82, 2.24) is 0 Å². The lowest BCUT2D eigenvalue weighted by Crippen LogP contribution is -2.22. The molecule has 1 atom stereocenters. The van der Waals surface area contributed by atoms with Crippen LogP contribution >= 0.6 is 0 Å². The van der Waals surface area contributed by atoms with Crippen molar-refractivity contribution in [2.45, 2.75) is 76.3 Å². The highest BCUT2D eigenvalue weighted by molar-refractivity contribution is 7.86. The number of benzene rings is 3. The third-order valence-electron chi connectivity index (χ3n) is 7.42. The van der Waals surface area contributed by atoms with Gasteiger partial charge in [0.1, 0.15) is 22.1 Å². The summed E-state index contributed by atoms with van der Waals surface area (Å²) >= 11 is 0. The van der Waals surface area contributed by atoms with Gasteiger partial charge in [-0.2, -0.15) is 21.6 Å². The van der Waals surface area contributed by atoms with E-state index in [0.717, 1.165) is 22.3 Å². The Morgan fingerprint density at radius 3 is 2.05 bits per heavy atom. The summed E-state index contributed by atoms with van der Waals surface area (Å²) < 4.78 is 81.3. The van der Waals surface area contributed by atoms with Crippen LogP contribution in [0.5, 0.6) is 11.5 Å². The molecule has 236 valence electrons. The van der Waals surface area contributed by atoms with Crippen molar-refractivity contribution in [3.05, 3.63) is 88.5 Å². The second-order valence-corrected chi connectivity index (χ2v) is 12.9. The minimum absolute atomic E-state index is 0.00963. The van der Waals surface area contributed by atoms with Crippen molar-refractivity contribution in [2.24, 2.45) is 5.16 Å². The average molecular weight is 631 g/mol. The Kier molecular flexibility index (Phi) is 10.1. The zero-order chi connectivity index (χ0) is 32.2. The Hall–Kier alpha value is -3.86. The summed E-state index contributed by atoms with van der Waals surface area (Å²) in [7, 11) is -4.13. The van der Waals surface area contributed by atoms with Gasteiger partial charge in [0, 0.05) is 18.4 Å². The SMILES string of the molecule is CC(C)c1cc(C(C)C)c2c(c1)C(C)C/C(c1ccc(OCCCOc3ccc(C(=N)C(F)(F)F)cc3)cc1)=N\OS2(=O)=O. The van der Waals surface area contributed by atoms with Gasteiger partial charge in [0.05, 0.1) is 18.9 Å². The monoisotopic (exact) mass is 630 g/mol. The lowest BCUT2D eigenvalue weighted by Gasteiger charge is -2.25. The van der Waals surface area contributed by atoms with Crippen LogP contribution in [0.2, 0.25) is 0 Å². The summed E-state index contributed by atoms with van der Waals surface area (Å²) in [4.78, 5) is 0.221. The molecule has 0 amide bonds. The van der Waals surface area contributed by atoms with Crippen LogP contribution in [0.25, 0.3) is 0 Å². The number of oxime groups is 1. The highest BCUT2D eigenvalue weighted by Gasteiger charge is 2.35. The van der Waals surface area contributed by atoms with Crippen LogP contribution in [-0.2, 0) is 14.4 Å². The second-order valence-electron chi connectivity index (χ2n) is 11.5. The number of hydrogen-bond acceptors (Lipinski definition) is 7. The molecule has 1 N–H and O–H groups in total. The van der Waals surface area contributed by atoms with E-state index in [2.05, 4.69) is 19.0 Å². The first-order valence-corrected chi connectivity index (χ1v) is 15.9. The smallest absolute Gasteiger partial charge is 0.433 e. The second kappa shape index (κ2) is 13.4. The lowest BCUT2D eigenvalue weighted by atomic mass is 9.86. The fourth-order valence-electron chi connectivity index (χ4n) is 4.92. The van der Waals surface area contributed by atoms with Crippen LogP contribution < -0.4 is 9.47 Å². The maximum atomic E-state index is 13.4. The first-order valence-electron chi connectivity index (χ1n) is 14.5. The first kappa shape index (κ1) is 33.0. The largest absolute Gasteiger partial charge is 0.493 e. The van der Waals surface area contributed by atoms with Crippen LogP contribution in [0, 0.1) is 5.41 Å². The quantitative estimate of drug-likeness (QED) is 0.179. The third kappa shape index (κ3) is 7.80. The van der Waals surface area contributed by atoms with E-state index in [1.54, 1.807) is 24.3 Å². The standard InChI is InChI=1S/C33H37F3N2O5S/c1-20(2)25-18-28(21(3)4)31-29(19-25)22(5)17-30(38-43-44(31,39)40)23-7-11-26(12-8-23)41-15-6-16-42-27-13-9-24(10-14-27)32(37)33(34,35)36/h7-14,18-22,37H,6,15-17H2,1-5H3/b37-32?,38-30+. The van der Waals surface area contributed by atoms with Gasteiger partial charge >= 0.3 is 16.3 Å². The number of alkyl halides is 3. The van der Waals surface area contributed by atoms with Gasteiger partial charge in [-0.3, -0.25) is 9.69 Å². The topological polar surface area (TPSA) is 98.0 Å². The number of nitrogens with zero attached hydrogens (tertiary/aromatic N) is 1. The van der Waals surface area contributed by atoms with Crippen molar-refractivity contribution in [1.29, 1.82) is 5.41 Å². The van der Waals surface area contributed by atoms with Gasteiger partial charge < -0.3 is 9.47 Å². The molecule has 0 bridgehead atoms. The number of hydrogen-bond donors (Lipinski definition) is 1. The summed E-state index contributed by atoms with van der Waals surface area (Å²) in [5.41, 5.74) is 2.18. The molecule has 3 aromatic rings. The van der Waals surface area contributed by atoms with Crippen molar-refractivity contribution >= 4 is 21.5 Å². The van der Waals surface area contributed by atoms with Gasteiger partial charge in [0.15, 0.2) is 0 Å². The van der Waals surface area contributed by atoms with E-state index >= 15 is 0 Å². The molecule has 0 spiro atoms. The number of rotatable bonds is 10. The predicted octanol–water partition coefficient (Wildman–Crippen LogP) is 8.33. The molecular formula is C33H37F3N2O5S. The Morgan fingerprint density at radius 1 is 0.955 bits per heavy atom. The van der Waals surface area contributed by atoms with Crippen LogP contribution in [-0.4, -0.2) is 39.2 Å². The first-order chi connectivity index (χ1) is 20.7. The summed E-state index contributed by atoms with van der Waals surface area (Å²) in [6.45, 7) is 10.7. The summed E-state index contributed by atoms with van der Waals surface area (Å²) in [6, 6.07) is 16.3. The van der Waals surface area contributed by atoms with E-state index < -0.39 is 22.0 Å². The molecule has 1 aliphatic rings. The van der Waals surface area contributed by atoms with Crippen LogP contribution in [0.4, 0.5) is 13.2 Å². The number of nitrogens with one attached hydrogen (secondary N) is 1. The predicted molar refractivity (Wildman–Crippen MR) is 164 cm³/mol. The van der Waals surface area contributed by atoms with Gasteiger partial charge in [0.2, 0.25) is 0 Å². The molecule has 1 unspecified atom stereocenters. The fraction of sp³-hybridized carbons (Fsp3) is 0.394. The third-order valence-corrected chi connectivity index (χ3v) is 8.67. The zero-order valence-corrected chi connectivity index (χ0v) is 26.2. The molecule has 11 heteroatoms. The molecule has 3 aromatic carbocycles. The molecule has 0 aromatic heterocycles. The van der Waals surface area contributed by atoms with E-state index in [9.17, 15) is 21.6 Å². The molecule has 0 saturated carbocycles. The highest BCUT2D eigenvalue weighted by atomic mass is 32.2. The Morgan fingerprint density at radius 2 is 1.52 bits per heavy atom. The zero-order valence-electron chi connectivity index (χ0n) is 25.4. The molecule has 4 rings (SSSR count). The van der Waals surface area contributed by atoms with Crippen molar-refractivity contribution < 1.29 is 35.3 Å². The maximum absolute atomic E-state index is 13.4. The lowest BCUT2D eigenvalue weighted by molar-refractivity contribution is -0.0587. The van der Waals surface area contributed by atoms with Crippen LogP contribution in [0.1, 0.15) is 93.0 Å². The summed E-state index contributed by atoms with van der Waals surface area (Å²) in [6.07, 6.45) is -3.69. The number of halogens is 3. The molecule has 0 saturated heterocycles. The molecule has 1 heterocycles.